The van der Waals surface area contributed by atoms with Gasteiger partial charge in [0.25, 0.3) is 0 Å². The maximum Gasteiger partial charge on any atom is 0.125 e. The molecule has 0 aliphatic carbocycles. The molecule has 0 fully saturated rings. The Morgan fingerprint density at radius 2 is 2.20 bits per heavy atom. The van der Waals surface area contributed by atoms with E-state index in [1.54, 1.807) is 6.07 Å². The van der Waals surface area contributed by atoms with Gasteiger partial charge in [-0.25, -0.2) is 4.39 Å². The number of nitrogens with zero attached hydrogens (tertiary/aromatic N) is 1. The molecule has 0 bridgehead atoms. The molecule has 3 heteroatoms. The van der Waals surface area contributed by atoms with E-state index in [-0.39, 0.29) is 5.82 Å². The molecule has 0 aliphatic rings. The number of thioether (sulfide) groups is 1. The molecular formula is C12H14FNS. The first-order valence-electron chi connectivity index (χ1n) is 5.04. The Labute approximate surface area is 93.3 Å². The average molecular weight is 223 g/mol. The molecule has 0 saturated heterocycles. The van der Waals surface area contributed by atoms with Gasteiger partial charge in [-0.15, -0.1) is 0 Å². The van der Waals surface area contributed by atoms with E-state index in [4.69, 9.17) is 0 Å². The number of fused-ring (bicyclic) bond motifs is 1. The maximum absolute atomic E-state index is 13.1. The normalized spacial score (nSPS) is 11.1. The van der Waals surface area contributed by atoms with Crippen LogP contribution in [0.15, 0.2) is 30.5 Å². The summed E-state index contributed by atoms with van der Waals surface area (Å²) >= 11 is 1.84. The first kappa shape index (κ1) is 10.6. The van der Waals surface area contributed by atoms with Gasteiger partial charge in [0.15, 0.2) is 0 Å². The predicted octanol–water partition coefficient (Wildman–Crippen LogP) is 3.53. The van der Waals surface area contributed by atoms with Crippen LogP contribution in [-0.2, 0) is 6.54 Å². The molecular weight excluding hydrogens is 209 g/mol. The van der Waals surface area contributed by atoms with Crippen molar-refractivity contribution >= 4 is 22.7 Å². The van der Waals surface area contributed by atoms with E-state index in [1.807, 2.05) is 30.1 Å². The third-order valence-electron chi connectivity index (χ3n) is 2.48. The van der Waals surface area contributed by atoms with Gasteiger partial charge in [-0.2, -0.15) is 11.8 Å². The second-order valence-corrected chi connectivity index (χ2v) is 4.54. The van der Waals surface area contributed by atoms with Gasteiger partial charge in [0, 0.05) is 12.7 Å². The molecule has 15 heavy (non-hydrogen) atoms. The van der Waals surface area contributed by atoms with Gasteiger partial charge in [0.05, 0.1) is 5.52 Å². The third kappa shape index (κ3) is 2.34. The number of hydrogen-bond acceptors (Lipinski definition) is 1. The summed E-state index contributed by atoms with van der Waals surface area (Å²) in [6, 6.07) is 6.98. The molecule has 0 aliphatic heterocycles. The summed E-state index contributed by atoms with van der Waals surface area (Å²) in [5.74, 6) is 0.988. The lowest BCUT2D eigenvalue weighted by molar-refractivity contribution is 0.627. The lowest BCUT2D eigenvalue weighted by Crippen LogP contribution is -1.97. The van der Waals surface area contributed by atoms with Crippen molar-refractivity contribution in [3.8, 4) is 0 Å². The van der Waals surface area contributed by atoms with Gasteiger partial charge in [-0.1, -0.05) is 0 Å². The third-order valence-corrected chi connectivity index (χ3v) is 3.18. The lowest BCUT2D eigenvalue weighted by Gasteiger charge is -2.04. The SMILES string of the molecule is CSCCCn1ccc2ccc(F)cc21. The number of hydrogen-bond donors (Lipinski definition) is 0. The van der Waals surface area contributed by atoms with Crippen molar-refractivity contribution in [1.82, 2.24) is 4.57 Å². The summed E-state index contributed by atoms with van der Waals surface area (Å²) in [7, 11) is 0. The van der Waals surface area contributed by atoms with Crippen LogP contribution in [-0.4, -0.2) is 16.6 Å². The Morgan fingerprint density at radius 3 is 3.00 bits per heavy atom. The summed E-state index contributed by atoms with van der Waals surface area (Å²) in [5, 5.41) is 1.11. The molecule has 1 heterocycles. The fourth-order valence-electron chi connectivity index (χ4n) is 1.73. The predicted molar refractivity (Wildman–Crippen MR) is 64.9 cm³/mol. The van der Waals surface area contributed by atoms with Crippen LogP contribution in [0.25, 0.3) is 10.9 Å². The number of aryl methyl sites for hydroxylation is 1. The molecule has 0 radical (unpaired) electrons. The van der Waals surface area contributed by atoms with Crippen LogP contribution in [0.1, 0.15) is 6.42 Å². The van der Waals surface area contributed by atoms with Crippen LogP contribution in [0.3, 0.4) is 0 Å². The van der Waals surface area contributed by atoms with E-state index in [0.29, 0.717) is 0 Å². The number of rotatable bonds is 4. The van der Waals surface area contributed by atoms with Crippen LogP contribution in [0.2, 0.25) is 0 Å². The molecule has 1 aromatic carbocycles. The molecule has 0 N–H and O–H groups in total. The van der Waals surface area contributed by atoms with E-state index in [1.165, 1.54) is 6.07 Å². The monoisotopic (exact) mass is 223 g/mol. The summed E-state index contributed by atoms with van der Waals surface area (Å²) in [6.07, 6.45) is 5.26. The maximum atomic E-state index is 13.1. The average Bonchev–Trinajstić information content (AvgIpc) is 2.62. The van der Waals surface area contributed by atoms with E-state index in [9.17, 15) is 4.39 Å². The van der Waals surface area contributed by atoms with Crippen molar-refractivity contribution in [2.75, 3.05) is 12.0 Å². The summed E-state index contributed by atoms with van der Waals surface area (Å²) in [6.45, 7) is 0.966. The minimum Gasteiger partial charge on any atom is -0.347 e. The first-order chi connectivity index (χ1) is 7.31. The summed E-state index contributed by atoms with van der Waals surface area (Å²) in [5.41, 5.74) is 0.996. The molecule has 0 amide bonds. The second kappa shape index (κ2) is 4.71. The Hall–Kier alpha value is -0.960. The minimum atomic E-state index is -0.160. The fourth-order valence-corrected chi connectivity index (χ4v) is 2.15. The van der Waals surface area contributed by atoms with E-state index < -0.39 is 0 Å². The van der Waals surface area contributed by atoms with E-state index in [2.05, 4.69) is 10.8 Å². The van der Waals surface area contributed by atoms with Gasteiger partial charge in [-0.05, 0) is 48.1 Å². The van der Waals surface area contributed by atoms with Gasteiger partial charge in [-0.3, -0.25) is 0 Å². The first-order valence-corrected chi connectivity index (χ1v) is 6.44. The van der Waals surface area contributed by atoms with Crippen LogP contribution in [0, 0.1) is 5.82 Å². The van der Waals surface area contributed by atoms with Gasteiger partial charge >= 0.3 is 0 Å². The molecule has 2 rings (SSSR count). The highest BCUT2D eigenvalue weighted by molar-refractivity contribution is 7.98. The second-order valence-electron chi connectivity index (χ2n) is 3.56. The Bertz CT molecular complexity index is 450. The molecule has 0 atom stereocenters. The standard InChI is InChI=1S/C12H14FNS/c1-15-8-2-6-14-7-5-10-3-4-11(13)9-12(10)14/h3-5,7,9H,2,6,8H2,1H3. The molecule has 0 spiro atoms. The van der Waals surface area contributed by atoms with Crippen molar-refractivity contribution < 1.29 is 4.39 Å². The Morgan fingerprint density at radius 1 is 1.33 bits per heavy atom. The summed E-state index contributed by atoms with van der Waals surface area (Å²) in [4.78, 5) is 0. The molecule has 0 saturated carbocycles. The number of aromatic nitrogens is 1. The highest BCUT2D eigenvalue weighted by Crippen LogP contribution is 2.17. The highest BCUT2D eigenvalue weighted by atomic mass is 32.2. The topological polar surface area (TPSA) is 4.93 Å². The quantitative estimate of drug-likeness (QED) is 0.718. The largest absolute Gasteiger partial charge is 0.347 e. The minimum absolute atomic E-state index is 0.160. The van der Waals surface area contributed by atoms with E-state index in [0.717, 1.165) is 29.6 Å². The molecule has 80 valence electrons. The zero-order chi connectivity index (χ0) is 10.7. The van der Waals surface area contributed by atoms with Crippen molar-refractivity contribution in [2.24, 2.45) is 0 Å². The summed E-state index contributed by atoms with van der Waals surface area (Å²) < 4.78 is 15.2. The van der Waals surface area contributed by atoms with Crippen molar-refractivity contribution in [2.45, 2.75) is 13.0 Å². The molecule has 2 aromatic rings. The van der Waals surface area contributed by atoms with Crippen molar-refractivity contribution in [3.63, 3.8) is 0 Å². The Kier molecular flexibility index (Phi) is 3.31. The molecule has 1 nitrogen and oxygen atoms in total. The Balaban J connectivity index is 2.23. The molecule has 0 unspecified atom stereocenters. The van der Waals surface area contributed by atoms with Gasteiger partial charge in [0.2, 0.25) is 0 Å². The van der Waals surface area contributed by atoms with Crippen LogP contribution < -0.4 is 0 Å². The zero-order valence-corrected chi connectivity index (χ0v) is 9.56. The lowest BCUT2D eigenvalue weighted by atomic mass is 10.2. The zero-order valence-electron chi connectivity index (χ0n) is 8.74. The van der Waals surface area contributed by atoms with Crippen molar-refractivity contribution in [1.29, 1.82) is 0 Å². The number of halogens is 1. The number of benzene rings is 1. The molecule has 1 aromatic heterocycles. The van der Waals surface area contributed by atoms with Gasteiger partial charge in [0.1, 0.15) is 5.82 Å². The fraction of sp³-hybridized carbons (Fsp3) is 0.333. The van der Waals surface area contributed by atoms with Crippen LogP contribution >= 0.6 is 11.8 Å². The van der Waals surface area contributed by atoms with Crippen LogP contribution in [0.5, 0.6) is 0 Å². The highest BCUT2D eigenvalue weighted by Gasteiger charge is 2.01. The van der Waals surface area contributed by atoms with E-state index >= 15 is 0 Å². The smallest absolute Gasteiger partial charge is 0.125 e. The van der Waals surface area contributed by atoms with Gasteiger partial charge < -0.3 is 4.57 Å². The van der Waals surface area contributed by atoms with Crippen LogP contribution in [0.4, 0.5) is 4.39 Å². The van der Waals surface area contributed by atoms with Crippen molar-refractivity contribution in [3.05, 3.63) is 36.3 Å².